The van der Waals surface area contributed by atoms with Gasteiger partial charge < -0.3 is 10.2 Å². The van der Waals surface area contributed by atoms with Gasteiger partial charge in [0.15, 0.2) is 0 Å². The molecule has 27 heavy (non-hydrogen) atoms. The number of aliphatic hydroxyl groups excluding tert-OH is 1. The smallest absolute Gasteiger partial charge is 0.336 e. The van der Waals surface area contributed by atoms with Crippen LogP contribution in [0.3, 0.4) is 0 Å². The molecule has 4 rings (SSSR count). The van der Waals surface area contributed by atoms with Crippen LogP contribution in [0.1, 0.15) is 28.8 Å². The number of aliphatic hydroxyl groups is 1. The Hall–Kier alpha value is -2.69. The van der Waals surface area contributed by atoms with Gasteiger partial charge in [0.05, 0.1) is 12.2 Å². The highest BCUT2D eigenvalue weighted by atomic mass is 16.4. The number of hydrogen-bond acceptors (Lipinski definition) is 3. The number of benzene rings is 3. The van der Waals surface area contributed by atoms with Crippen molar-refractivity contribution in [3.05, 3.63) is 71.8 Å². The molecular formula is C23H23NO3. The molecule has 0 aromatic heterocycles. The Morgan fingerprint density at radius 3 is 2.48 bits per heavy atom. The summed E-state index contributed by atoms with van der Waals surface area (Å²) in [4.78, 5) is 13.8. The average molecular weight is 361 g/mol. The molecule has 3 aromatic carbocycles. The molecule has 1 heterocycles. The molecule has 138 valence electrons. The van der Waals surface area contributed by atoms with Crippen molar-refractivity contribution in [1.82, 2.24) is 4.90 Å². The van der Waals surface area contributed by atoms with Gasteiger partial charge in [-0.05, 0) is 52.9 Å². The van der Waals surface area contributed by atoms with Crippen molar-refractivity contribution in [1.29, 1.82) is 0 Å². The minimum Gasteiger partial charge on any atom is -0.478 e. The Balaban J connectivity index is 1.64. The number of rotatable bonds is 5. The fourth-order valence-corrected chi connectivity index (χ4v) is 4.08. The second-order valence-electron chi connectivity index (χ2n) is 7.16. The number of aromatic carboxylic acids is 1. The minimum absolute atomic E-state index is 0.222. The third-order valence-electron chi connectivity index (χ3n) is 5.51. The van der Waals surface area contributed by atoms with Gasteiger partial charge in [-0.1, -0.05) is 54.6 Å². The second-order valence-corrected chi connectivity index (χ2v) is 7.16. The summed E-state index contributed by atoms with van der Waals surface area (Å²) < 4.78 is 0. The summed E-state index contributed by atoms with van der Waals surface area (Å²) >= 11 is 0. The van der Waals surface area contributed by atoms with Crippen LogP contribution in [-0.4, -0.2) is 40.3 Å². The highest BCUT2D eigenvalue weighted by Gasteiger charge is 2.23. The highest BCUT2D eigenvalue weighted by molar-refractivity contribution is 6.08. The predicted molar refractivity (Wildman–Crippen MR) is 107 cm³/mol. The van der Waals surface area contributed by atoms with E-state index in [1.165, 1.54) is 5.56 Å². The third kappa shape index (κ3) is 3.46. The lowest BCUT2D eigenvalue weighted by Crippen LogP contribution is -2.31. The first-order chi connectivity index (χ1) is 13.2. The maximum Gasteiger partial charge on any atom is 0.336 e. The second kappa shape index (κ2) is 7.51. The van der Waals surface area contributed by atoms with Crippen molar-refractivity contribution in [3.63, 3.8) is 0 Å². The predicted octanol–water partition coefficient (Wildman–Crippen LogP) is 4.16. The van der Waals surface area contributed by atoms with E-state index >= 15 is 0 Å². The van der Waals surface area contributed by atoms with Crippen LogP contribution in [-0.2, 0) is 6.54 Å². The number of likely N-dealkylation sites (tertiary alicyclic amines) is 1. The molecule has 4 nitrogen and oxygen atoms in total. The van der Waals surface area contributed by atoms with E-state index in [0.717, 1.165) is 47.8 Å². The maximum atomic E-state index is 11.5. The first-order valence-electron chi connectivity index (χ1n) is 9.36. The lowest BCUT2D eigenvalue weighted by Gasteiger charge is -2.22. The molecule has 0 radical (unpaired) electrons. The van der Waals surface area contributed by atoms with Gasteiger partial charge in [-0.3, -0.25) is 4.90 Å². The Morgan fingerprint density at radius 2 is 1.74 bits per heavy atom. The zero-order valence-corrected chi connectivity index (χ0v) is 15.1. The molecule has 0 spiro atoms. The van der Waals surface area contributed by atoms with E-state index in [9.17, 15) is 15.0 Å². The van der Waals surface area contributed by atoms with Crippen molar-refractivity contribution in [2.24, 2.45) is 0 Å². The van der Waals surface area contributed by atoms with E-state index in [1.54, 1.807) is 12.1 Å². The van der Waals surface area contributed by atoms with Crippen LogP contribution >= 0.6 is 0 Å². The quantitative estimate of drug-likeness (QED) is 0.716. The molecular weight excluding hydrogens is 338 g/mol. The minimum atomic E-state index is -0.905. The summed E-state index contributed by atoms with van der Waals surface area (Å²) in [6, 6.07) is 19.9. The Bertz CT molecular complexity index is 965. The number of hydrogen-bond donors (Lipinski definition) is 2. The SMILES string of the molecule is O=C(O)c1cccc2c(-c3ccc(CN4CCC[C@@H]4CO)cc3)cccc12. The number of nitrogens with zero attached hydrogens (tertiary/aromatic N) is 1. The Morgan fingerprint density at radius 1 is 1.00 bits per heavy atom. The molecule has 0 saturated carbocycles. The number of carbonyl (C=O) groups is 1. The third-order valence-corrected chi connectivity index (χ3v) is 5.51. The van der Waals surface area contributed by atoms with Gasteiger partial charge in [0.25, 0.3) is 0 Å². The number of fused-ring (bicyclic) bond motifs is 1. The number of carboxylic acid groups (broad SMARTS) is 1. The molecule has 3 aromatic rings. The van der Waals surface area contributed by atoms with Gasteiger partial charge in [-0.25, -0.2) is 4.79 Å². The summed E-state index contributed by atoms with van der Waals surface area (Å²) in [5, 5.41) is 20.6. The van der Waals surface area contributed by atoms with Gasteiger partial charge in [0, 0.05) is 12.6 Å². The lowest BCUT2D eigenvalue weighted by atomic mass is 9.95. The van der Waals surface area contributed by atoms with Crippen molar-refractivity contribution >= 4 is 16.7 Å². The zero-order valence-electron chi connectivity index (χ0n) is 15.1. The summed E-state index contributed by atoms with van der Waals surface area (Å²) in [6.45, 7) is 2.11. The van der Waals surface area contributed by atoms with E-state index in [-0.39, 0.29) is 12.6 Å². The van der Waals surface area contributed by atoms with E-state index in [2.05, 4.69) is 29.2 Å². The van der Waals surface area contributed by atoms with Crippen LogP contribution in [0.5, 0.6) is 0 Å². The summed E-state index contributed by atoms with van der Waals surface area (Å²) in [5.41, 5.74) is 3.67. The van der Waals surface area contributed by atoms with E-state index in [1.807, 2.05) is 24.3 Å². The molecule has 0 bridgehead atoms. The van der Waals surface area contributed by atoms with Crippen molar-refractivity contribution in [2.45, 2.75) is 25.4 Å². The molecule has 1 aliphatic heterocycles. The highest BCUT2D eigenvalue weighted by Crippen LogP contribution is 2.31. The van der Waals surface area contributed by atoms with Crippen LogP contribution in [0.4, 0.5) is 0 Å². The van der Waals surface area contributed by atoms with Crippen molar-refractivity contribution in [2.75, 3.05) is 13.2 Å². The standard InChI is InChI=1S/C23H23NO3/c25-15-18-4-3-13-24(18)14-16-9-11-17(12-10-16)19-5-1-7-21-20(19)6-2-8-22(21)23(26)27/h1-2,5-12,18,25H,3-4,13-15H2,(H,26,27)/t18-/m1/s1. The fourth-order valence-electron chi connectivity index (χ4n) is 4.08. The van der Waals surface area contributed by atoms with Gasteiger partial charge in [0.1, 0.15) is 0 Å². The lowest BCUT2D eigenvalue weighted by molar-refractivity contribution is 0.0699. The van der Waals surface area contributed by atoms with Gasteiger partial charge >= 0.3 is 5.97 Å². The molecule has 1 aliphatic rings. The Kier molecular flexibility index (Phi) is 4.92. The van der Waals surface area contributed by atoms with Crippen LogP contribution in [0, 0.1) is 0 Å². The van der Waals surface area contributed by atoms with E-state index in [4.69, 9.17) is 0 Å². The van der Waals surface area contributed by atoms with Gasteiger partial charge in [-0.2, -0.15) is 0 Å². The van der Waals surface area contributed by atoms with Crippen LogP contribution < -0.4 is 0 Å². The normalized spacial score (nSPS) is 17.4. The summed E-state index contributed by atoms with van der Waals surface area (Å²) in [6.07, 6.45) is 2.21. The maximum absolute atomic E-state index is 11.5. The first kappa shape index (κ1) is 17.7. The topological polar surface area (TPSA) is 60.8 Å². The number of carboxylic acids is 1. The van der Waals surface area contributed by atoms with Crippen molar-refractivity contribution < 1.29 is 15.0 Å². The Labute approximate surface area is 158 Å². The molecule has 0 amide bonds. The molecule has 1 fully saturated rings. The molecule has 1 atom stereocenters. The summed E-state index contributed by atoms with van der Waals surface area (Å²) in [7, 11) is 0. The molecule has 0 unspecified atom stereocenters. The van der Waals surface area contributed by atoms with Gasteiger partial charge in [0.2, 0.25) is 0 Å². The first-order valence-corrected chi connectivity index (χ1v) is 9.36. The molecule has 2 N–H and O–H groups in total. The largest absolute Gasteiger partial charge is 0.478 e. The van der Waals surface area contributed by atoms with E-state index in [0.29, 0.717) is 5.56 Å². The van der Waals surface area contributed by atoms with Crippen molar-refractivity contribution in [3.8, 4) is 11.1 Å². The molecule has 1 saturated heterocycles. The zero-order chi connectivity index (χ0) is 18.8. The molecule has 4 heteroatoms. The molecule has 0 aliphatic carbocycles. The van der Waals surface area contributed by atoms with Crippen LogP contribution in [0.15, 0.2) is 60.7 Å². The fraction of sp³-hybridized carbons (Fsp3) is 0.261. The van der Waals surface area contributed by atoms with E-state index < -0.39 is 5.97 Å². The van der Waals surface area contributed by atoms with Crippen LogP contribution in [0.2, 0.25) is 0 Å². The van der Waals surface area contributed by atoms with Gasteiger partial charge in [-0.15, -0.1) is 0 Å². The van der Waals surface area contributed by atoms with Crippen LogP contribution in [0.25, 0.3) is 21.9 Å². The summed E-state index contributed by atoms with van der Waals surface area (Å²) in [5.74, 6) is -0.905. The average Bonchev–Trinajstić information content (AvgIpc) is 3.14. The monoisotopic (exact) mass is 361 g/mol.